The molecule has 0 spiro atoms. The van der Waals surface area contributed by atoms with E-state index in [-0.39, 0.29) is 23.8 Å². The predicted octanol–water partition coefficient (Wildman–Crippen LogP) is 3.73. The Bertz CT molecular complexity index is 2380. The number of carbonyl (C=O) groups excluding carboxylic acids is 3. The van der Waals surface area contributed by atoms with Gasteiger partial charge in [-0.15, -0.1) is 0 Å². The number of aromatic amines is 1. The average Bonchev–Trinajstić information content (AvgIpc) is 4.04. The Labute approximate surface area is 367 Å². The minimum Gasteiger partial charge on any atom is -0.383 e. The van der Waals surface area contributed by atoms with Gasteiger partial charge in [0.2, 0.25) is 5.95 Å². The van der Waals surface area contributed by atoms with E-state index in [0.717, 1.165) is 62.3 Å². The molecule has 8 N–H and O–H groups in total. The van der Waals surface area contributed by atoms with Crippen molar-refractivity contribution >= 4 is 51.6 Å². The lowest BCUT2D eigenvalue weighted by molar-refractivity contribution is 0.0781. The zero-order valence-corrected chi connectivity index (χ0v) is 36.8. The Kier molecular flexibility index (Phi) is 16.5. The third kappa shape index (κ3) is 12.4. The molecule has 3 aromatic carbocycles. The van der Waals surface area contributed by atoms with Gasteiger partial charge in [-0.3, -0.25) is 41.0 Å². The molecule has 2 saturated heterocycles. The number of hydrogen-bond acceptors (Lipinski definition) is 13. The third-order valence-electron chi connectivity index (χ3n) is 10.8. The number of nitrogens with zero attached hydrogens (tertiary/aromatic N) is 7. The van der Waals surface area contributed by atoms with E-state index in [4.69, 9.17) is 10.5 Å². The molecule has 3 amide bonds. The fourth-order valence-corrected chi connectivity index (χ4v) is 7.17. The lowest BCUT2D eigenvalue weighted by Crippen LogP contribution is -2.43. The van der Waals surface area contributed by atoms with E-state index in [1.54, 1.807) is 41.8 Å². The summed E-state index contributed by atoms with van der Waals surface area (Å²) in [7, 11) is 5.60. The van der Waals surface area contributed by atoms with E-state index < -0.39 is 0 Å². The summed E-state index contributed by atoms with van der Waals surface area (Å²) in [5.41, 5.74) is 23.3. The lowest BCUT2D eigenvalue weighted by atomic mass is 10.1. The molecule has 2 aliphatic heterocycles. The van der Waals surface area contributed by atoms with Crippen LogP contribution in [0, 0.1) is 0 Å². The molecule has 0 bridgehead atoms. The van der Waals surface area contributed by atoms with Gasteiger partial charge in [-0.25, -0.2) is 15.0 Å². The van der Waals surface area contributed by atoms with E-state index in [1.165, 1.54) is 11.9 Å². The second-order valence-electron chi connectivity index (χ2n) is 15.3. The summed E-state index contributed by atoms with van der Waals surface area (Å²) < 4.78 is 6.74. The maximum Gasteiger partial charge on any atom is 0.270 e. The normalized spacial score (nSPS) is 15.3. The fourth-order valence-electron chi connectivity index (χ4n) is 7.17. The van der Waals surface area contributed by atoms with Crippen molar-refractivity contribution in [3.8, 4) is 0 Å². The average molecular weight is 861 g/mol. The van der Waals surface area contributed by atoms with Crippen LogP contribution in [0.2, 0.25) is 0 Å². The highest BCUT2D eigenvalue weighted by atomic mass is 16.5. The topological polar surface area (TPSA) is 216 Å². The number of imidazole rings is 1. The maximum absolute atomic E-state index is 13.0. The standard InChI is InChI=1S/C23H30N8O3.C20H24N6O.C2H6/c1-30-19(23(33)31-9-7-17(24)13-31)11-18-20(26-14-27-21(18)30)28-29-22(32)16-5-3-15(4-6-16)12-25-8-10-34-2;1-25-10-12-26(13-11-25)14-15-6-8-16(9-7-15)19(27)23-24-20-21-17-4-2-3-5-18(17)22-20;1-2/h3-6,11,14,17,25H,7-10,12-13,24H2,1-2H3,(H,29,32)(H,26,27,28);2-9H,10-14H2,1H3,(H,23,27)(H2,21,22,24);1-2H3. The minimum atomic E-state index is -0.302. The molecule has 8 rings (SSSR count). The first-order valence-electron chi connectivity index (χ1n) is 21.4. The third-order valence-corrected chi connectivity index (χ3v) is 10.8. The molecular formula is C45H60N14O4. The number of nitrogens with one attached hydrogen (secondary N) is 6. The van der Waals surface area contributed by atoms with E-state index in [0.29, 0.717) is 65.9 Å². The van der Waals surface area contributed by atoms with Crippen molar-refractivity contribution in [2.75, 3.05) is 77.4 Å². The van der Waals surface area contributed by atoms with Gasteiger partial charge in [0, 0.05) is 90.2 Å². The molecule has 2 aliphatic rings. The Morgan fingerprint density at radius 1 is 0.841 bits per heavy atom. The number of para-hydroxylation sites is 2. The van der Waals surface area contributed by atoms with Crippen LogP contribution in [0.25, 0.3) is 22.1 Å². The first-order chi connectivity index (χ1) is 30.6. The van der Waals surface area contributed by atoms with Crippen LogP contribution in [-0.2, 0) is 24.9 Å². The van der Waals surface area contributed by atoms with E-state index in [1.807, 2.05) is 74.5 Å². The number of anilines is 2. The molecule has 0 radical (unpaired) electrons. The van der Waals surface area contributed by atoms with Gasteiger partial charge in [0.15, 0.2) is 5.82 Å². The number of likely N-dealkylation sites (tertiary alicyclic amines) is 1. The zero-order chi connectivity index (χ0) is 44.7. The molecule has 3 aromatic heterocycles. The van der Waals surface area contributed by atoms with Crippen molar-refractivity contribution < 1.29 is 19.1 Å². The first-order valence-corrected chi connectivity index (χ1v) is 21.4. The number of fused-ring (bicyclic) bond motifs is 2. The van der Waals surface area contributed by atoms with Gasteiger partial charge in [0.05, 0.1) is 23.0 Å². The van der Waals surface area contributed by atoms with Gasteiger partial charge in [-0.2, -0.15) is 0 Å². The summed E-state index contributed by atoms with van der Waals surface area (Å²) in [6.07, 6.45) is 2.18. The Morgan fingerprint density at radius 3 is 2.16 bits per heavy atom. The number of aromatic nitrogens is 5. The maximum atomic E-state index is 13.0. The second-order valence-corrected chi connectivity index (χ2v) is 15.3. The number of amides is 3. The van der Waals surface area contributed by atoms with Crippen LogP contribution in [0.3, 0.4) is 0 Å². The number of hydrogen-bond donors (Lipinski definition) is 7. The number of nitrogens with two attached hydrogens (primary N) is 1. The van der Waals surface area contributed by atoms with Crippen LogP contribution >= 0.6 is 0 Å². The summed E-state index contributed by atoms with van der Waals surface area (Å²) in [6, 6.07) is 24.6. The van der Waals surface area contributed by atoms with Gasteiger partial charge in [0.1, 0.15) is 17.7 Å². The number of methoxy groups -OCH3 is 1. The quantitative estimate of drug-likeness (QED) is 0.0615. The number of H-pyrrole nitrogens is 1. The van der Waals surface area contributed by atoms with Crippen LogP contribution in [0.5, 0.6) is 0 Å². The van der Waals surface area contributed by atoms with Crippen LogP contribution in [0.15, 0.2) is 85.2 Å². The van der Waals surface area contributed by atoms with Gasteiger partial charge >= 0.3 is 0 Å². The number of piperazine rings is 1. The molecule has 2 fully saturated rings. The first kappa shape index (κ1) is 46.1. The highest BCUT2D eigenvalue weighted by molar-refractivity contribution is 6.01. The minimum absolute atomic E-state index is 0.00635. The van der Waals surface area contributed by atoms with Crippen LogP contribution in [0.1, 0.15) is 62.6 Å². The number of benzene rings is 3. The number of likely N-dealkylation sites (N-methyl/N-ethyl adjacent to an activating group) is 1. The van der Waals surface area contributed by atoms with Crippen molar-refractivity contribution in [1.82, 2.24) is 55.4 Å². The highest BCUT2D eigenvalue weighted by Crippen LogP contribution is 2.24. The van der Waals surface area contributed by atoms with Gasteiger partial charge < -0.3 is 35.1 Å². The van der Waals surface area contributed by atoms with Crippen molar-refractivity contribution in [2.24, 2.45) is 12.8 Å². The van der Waals surface area contributed by atoms with Crippen molar-refractivity contribution in [3.63, 3.8) is 0 Å². The smallest absolute Gasteiger partial charge is 0.270 e. The Hall–Kier alpha value is -6.44. The molecule has 6 aromatic rings. The van der Waals surface area contributed by atoms with Gasteiger partial charge in [-0.1, -0.05) is 50.2 Å². The molecule has 1 unspecified atom stereocenters. The summed E-state index contributed by atoms with van der Waals surface area (Å²) >= 11 is 0. The fraction of sp³-hybridized carbons (Fsp3) is 0.378. The molecule has 1 atom stereocenters. The summed E-state index contributed by atoms with van der Waals surface area (Å²) in [5, 5.41) is 3.90. The van der Waals surface area contributed by atoms with E-state index in [9.17, 15) is 14.4 Å². The molecule has 5 heterocycles. The number of aryl methyl sites for hydroxylation is 1. The zero-order valence-electron chi connectivity index (χ0n) is 36.8. The predicted molar refractivity (Wildman–Crippen MR) is 246 cm³/mol. The molecule has 18 heteroatoms. The van der Waals surface area contributed by atoms with Crippen molar-refractivity contribution in [3.05, 3.63) is 113 Å². The second kappa shape index (κ2) is 22.6. The number of ether oxygens (including phenoxy) is 1. The van der Waals surface area contributed by atoms with Gasteiger partial charge in [0.25, 0.3) is 17.7 Å². The summed E-state index contributed by atoms with van der Waals surface area (Å²) in [4.78, 5) is 60.5. The monoisotopic (exact) mass is 860 g/mol. The molecular weight excluding hydrogens is 801 g/mol. The summed E-state index contributed by atoms with van der Waals surface area (Å²) in [5.74, 6) is 0.326. The SMILES string of the molecule is CC.CN1CCN(Cc2ccc(C(=O)NNc3nc4ccccc4[nH]3)cc2)CC1.COCCNCc1ccc(C(=O)NNc2ncnc3c2cc(C(=O)N2CCC(N)C2)n3C)cc1. The molecule has 63 heavy (non-hydrogen) atoms. The van der Waals surface area contributed by atoms with E-state index in [2.05, 4.69) is 63.8 Å². The van der Waals surface area contributed by atoms with Crippen molar-refractivity contribution in [1.29, 1.82) is 0 Å². The van der Waals surface area contributed by atoms with Crippen LogP contribution in [-0.4, -0.2) is 130 Å². The largest absolute Gasteiger partial charge is 0.383 e. The van der Waals surface area contributed by atoms with Gasteiger partial charge in [-0.05, 0) is 67.1 Å². The Morgan fingerprint density at radius 2 is 1.51 bits per heavy atom. The molecule has 0 aliphatic carbocycles. The number of carbonyl (C=O) groups is 3. The van der Waals surface area contributed by atoms with Crippen LogP contribution in [0.4, 0.5) is 11.8 Å². The van der Waals surface area contributed by atoms with E-state index >= 15 is 0 Å². The number of rotatable bonds is 14. The molecule has 0 saturated carbocycles. The molecule has 334 valence electrons. The summed E-state index contributed by atoms with van der Waals surface area (Å²) in [6.45, 7) is 12.6. The number of hydrazine groups is 2. The lowest BCUT2D eigenvalue weighted by Gasteiger charge is -2.32. The highest BCUT2D eigenvalue weighted by Gasteiger charge is 2.27. The Balaban J connectivity index is 0.000000206. The van der Waals surface area contributed by atoms with Crippen molar-refractivity contribution in [2.45, 2.75) is 39.4 Å². The molecule has 18 nitrogen and oxygen atoms in total. The van der Waals surface area contributed by atoms with Crippen LogP contribution < -0.4 is 32.8 Å².